The predicted octanol–water partition coefficient (Wildman–Crippen LogP) is 5.16. The van der Waals surface area contributed by atoms with Crippen molar-refractivity contribution in [2.45, 2.75) is 11.8 Å². The van der Waals surface area contributed by atoms with Crippen LogP contribution in [0.5, 0.6) is 0 Å². The Morgan fingerprint density at radius 3 is 2.65 bits per heavy atom. The van der Waals surface area contributed by atoms with Gasteiger partial charge in [0.05, 0.1) is 28.0 Å². The maximum absolute atomic E-state index is 14.8. The third-order valence-corrected chi connectivity index (χ3v) is 6.87. The number of nitrogens with one attached hydrogen (secondary N) is 1. The van der Waals surface area contributed by atoms with E-state index in [9.17, 15) is 9.18 Å². The molecule has 1 fully saturated rings. The lowest BCUT2D eigenvalue weighted by Gasteiger charge is -2.36. The number of halogens is 1. The summed E-state index contributed by atoms with van der Waals surface area (Å²) in [6.45, 7) is 4.66. The SMILES string of the molecule is Cc1ccncc1N1CCN(C(=O)c2ccc(NSc3cccc4cccnc34)c(F)c2)CC1. The Kier molecular flexibility index (Phi) is 6.31. The maximum atomic E-state index is 14.8. The van der Waals surface area contributed by atoms with Gasteiger partial charge in [0.2, 0.25) is 0 Å². The Balaban J connectivity index is 1.23. The van der Waals surface area contributed by atoms with Crippen LogP contribution in [0.2, 0.25) is 0 Å². The number of nitrogens with zero attached hydrogens (tertiary/aromatic N) is 4. The number of aromatic nitrogens is 2. The van der Waals surface area contributed by atoms with Crippen LogP contribution in [0.15, 0.2) is 78.1 Å². The van der Waals surface area contributed by atoms with Crippen LogP contribution in [0.25, 0.3) is 10.9 Å². The van der Waals surface area contributed by atoms with E-state index in [0.717, 1.165) is 40.1 Å². The lowest BCUT2D eigenvalue weighted by Crippen LogP contribution is -2.49. The van der Waals surface area contributed by atoms with E-state index in [2.05, 4.69) is 26.5 Å². The molecule has 0 saturated carbocycles. The van der Waals surface area contributed by atoms with Gasteiger partial charge in [-0.1, -0.05) is 18.2 Å². The Bertz CT molecular complexity index is 1330. The second-order valence-corrected chi connectivity index (χ2v) is 9.02. The first-order valence-corrected chi connectivity index (χ1v) is 11.9. The lowest BCUT2D eigenvalue weighted by molar-refractivity contribution is 0.0746. The van der Waals surface area contributed by atoms with Crippen LogP contribution >= 0.6 is 11.9 Å². The van der Waals surface area contributed by atoms with E-state index in [-0.39, 0.29) is 5.91 Å². The highest BCUT2D eigenvalue weighted by molar-refractivity contribution is 8.00. The van der Waals surface area contributed by atoms with E-state index in [1.165, 1.54) is 18.0 Å². The Hall–Kier alpha value is -3.65. The molecule has 172 valence electrons. The molecule has 0 radical (unpaired) electrons. The molecule has 2 aromatic carbocycles. The van der Waals surface area contributed by atoms with Gasteiger partial charge >= 0.3 is 0 Å². The minimum atomic E-state index is -0.462. The molecule has 1 aliphatic heterocycles. The average Bonchev–Trinajstić information content (AvgIpc) is 2.88. The largest absolute Gasteiger partial charge is 0.367 e. The van der Waals surface area contributed by atoms with E-state index in [4.69, 9.17) is 0 Å². The summed E-state index contributed by atoms with van der Waals surface area (Å²) in [5.41, 5.74) is 3.79. The molecule has 1 amide bonds. The number of benzene rings is 2. The van der Waals surface area contributed by atoms with Crippen LogP contribution in [0.4, 0.5) is 15.8 Å². The summed E-state index contributed by atoms with van der Waals surface area (Å²) in [5, 5.41) is 1.02. The molecule has 0 spiro atoms. The number of para-hydroxylation sites is 1. The zero-order valence-corrected chi connectivity index (χ0v) is 19.6. The molecule has 8 heteroatoms. The quantitative estimate of drug-likeness (QED) is 0.404. The molecular formula is C26H24FN5OS. The van der Waals surface area contributed by atoms with E-state index in [0.29, 0.717) is 24.3 Å². The van der Waals surface area contributed by atoms with Gasteiger partial charge in [0, 0.05) is 49.5 Å². The molecule has 3 heterocycles. The monoisotopic (exact) mass is 473 g/mol. The van der Waals surface area contributed by atoms with Crippen LogP contribution in [-0.2, 0) is 0 Å². The number of aryl methyl sites for hydroxylation is 1. The minimum absolute atomic E-state index is 0.154. The molecule has 0 bridgehead atoms. The molecule has 2 aromatic heterocycles. The van der Waals surface area contributed by atoms with Crippen molar-refractivity contribution in [2.24, 2.45) is 0 Å². The number of amides is 1. The Morgan fingerprint density at radius 1 is 1.03 bits per heavy atom. The summed E-state index contributed by atoms with van der Waals surface area (Å²) in [6, 6.07) is 16.3. The molecule has 1 N–H and O–H groups in total. The van der Waals surface area contributed by atoms with Gasteiger partial charge in [0.15, 0.2) is 0 Å². The van der Waals surface area contributed by atoms with Crippen LogP contribution < -0.4 is 9.62 Å². The average molecular weight is 474 g/mol. The van der Waals surface area contributed by atoms with Crippen LogP contribution in [-0.4, -0.2) is 47.0 Å². The summed E-state index contributed by atoms with van der Waals surface area (Å²) in [4.78, 5) is 26.5. The number of carbonyl (C=O) groups excluding carboxylic acids is 1. The normalized spacial score (nSPS) is 13.8. The zero-order chi connectivity index (χ0) is 23.5. The van der Waals surface area contributed by atoms with Crippen molar-refractivity contribution in [3.8, 4) is 0 Å². The fourth-order valence-electron chi connectivity index (χ4n) is 4.12. The highest BCUT2D eigenvalue weighted by Crippen LogP contribution is 2.29. The summed E-state index contributed by atoms with van der Waals surface area (Å²) in [7, 11) is 0. The third-order valence-electron chi connectivity index (χ3n) is 6.00. The van der Waals surface area contributed by atoms with Gasteiger partial charge < -0.3 is 14.5 Å². The smallest absolute Gasteiger partial charge is 0.254 e. The van der Waals surface area contributed by atoms with E-state index >= 15 is 0 Å². The minimum Gasteiger partial charge on any atom is -0.367 e. The Labute approximate surface area is 202 Å². The fourth-order valence-corrected chi connectivity index (χ4v) is 4.92. The number of hydrogen-bond acceptors (Lipinski definition) is 6. The number of carbonyl (C=O) groups is 1. The maximum Gasteiger partial charge on any atom is 0.254 e. The second-order valence-electron chi connectivity index (χ2n) is 8.17. The number of pyridine rings is 2. The molecule has 0 atom stereocenters. The van der Waals surface area contributed by atoms with Crippen molar-refractivity contribution < 1.29 is 9.18 Å². The zero-order valence-electron chi connectivity index (χ0n) is 18.7. The van der Waals surface area contributed by atoms with Crippen LogP contribution in [0, 0.1) is 12.7 Å². The first-order chi connectivity index (χ1) is 16.6. The number of piperazine rings is 1. The number of rotatable bonds is 5. The molecule has 34 heavy (non-hydrogen) atoms. The molecular weight excluding hydrogens is 449 g/mol. The topological polar surface area (TPSA) is 61.4 Å². The highest BCUT2D eigenvalue weighted by Gasteiger charge is 2.23. The second kappa shape index (κ2) is 9.69. The first-order valence-electron chi connectivity index (χ1n) is 11.1. The van der Waals surface area contributed by atoms with Crippen molar-refractivity contribution in [1.29, 1.82) is 0 Å². The first kappa shape index (κ1) is 22.2. The van der Waals surface area contributed by atoms with Gasteiger partial charge in [-0.2, -0.15) is 0 Å². The van der Waals surface area contributed by atoms with Crippen LogP contribution in [0.3, 0.4) is 0 Å². The van der Waals surface area contributed by atoms with Gasteiger partial charge in [0.1, 0.15) is 5.82 Å². The standard InChI is InChI=1S/C26H24FN5OS/c1-18-9-11-28-17-23(18)31-12-14-32(15-13-31)26(33)20-7-8-22(21(27)16-20)30-34-24-6-2-4-19-5-3-10-29-25(19)24/h2-11,16-17,30H,12-15H2,1H3. The van der Waals surface area contributed by atoms with Crippen molar-refractivity contribution >= 4 is 40.1 Å². The predicted molar refractivity (Wildman–Crippen MR) is 135 cm³/mol. The van der Waals surface area contributed by atoms with E-state index in [1.807, 2.05) is 42.6 Å². The Morgan fingerprint density at radius 2 is 1.85 bits per heavy atom. The van der Waals surface area contributed by atoms with Gasteiger partial charge in [-0.25, -0.2) is 4.39 Å². The van der Waals surface area contributed by atoms with Crippen LogP contribution in [0.1, 0.15) is 15.9 Å². The van der Waals surface area contributed by atoms with E-state index < -0.39 is 5.82 Å². The molecule has 0 unspecified atom stereocenters. The molecule has 1 aliphatic rings. The number of anilines is 2. The number of hydrogen-bond donors (Lipinski definition) is 1. The van der Waals surface area contributed by atoms with Gasteiger partial charge in [0.25, 0.3) is 5.91 Å². The molecule has 4 aromatic rings. The molecule has 0 aliphatic carbocycles. The lowest BCUT2D eigenvalue weighted by atomic mass is 10.1. The summed E-state index contributed by atoms with van der Waals surface area (Å²) in [6.07, 6.45) is 5.38. The fraction of sp³-hybridized carbons (Fsp3) is 0.192. The highest BCUT2D eigenvalue weighted by atomic mass is 32.2. The molecule has 5 rings (SSSR count). The third kappa shape index (κ3) is 4.54. The van der Waals surface area contributed by atoms with Crippen molar-refractivity contribution in [3.05, 3.63) is 90.1 Å². The van der Waals surface area contributed by atoms with Crippen molar-refractivity contribution in [2.75, 3.05) is 35.8 Å². The van der Waals surface area contributed by atoms with Gasteiger partial charge in [-0.15, -0.1) is 0 Å². The van der Waals surface area contributed by atoms with Gasteiger partial charge in [-0.3, -0.25) is 14.8 Å². The van der Waals surface area contributed by atoms with Gasteiger partial charge in [-0.05, 0) is 60.8 Å². The molecule has 1 saturated heterocycles. The summed E-state index contributed by atoms with van der Waals surface area (Å²) < 4.78 is 17.9. The number of fused-ring (bicyclic) bond motifs is 1. The molecule has 6 nitrogen and oxygen atoms in total. The summed E-state index contributed by atoms with van der Waals surface area (Å²) >= 11 is 1.30. The summed E-state index contributed by atoms with van der Waals surface area (Å²) in [5.74, 6) is -0.616. The van der Waals surface area contributed by atoms with Crippen molar-refractivity contribution in [3.63, 3.8) is 0 Å². The van der Waals surface area contributed by atoms with Crippen molar-refractivity contribution in [1.82, 2.24) is 14.9 Å². The van der Waals surface area contributed by atoms with E-state index in [1.54, 1.807) is 29.4 Å².